The van der Waals surface area contributed by atoms with Gasteiger partial charge in [-0.1, -0.05) is 65.0 Å². The van der Waals surface area contributed by atoms with E-state index in [4.69, 9.17) is 4.74 Å². The molecule has 1 heterocycles. The number of hydrogen-bond acceptors (Lipinski definition) is 4. The fourth-order valence-corrected chi connectivity index (χ4v) is 13.2. The van der Waals surface area contributed by atoms with Crippen LogP contribution in [0, 0.1) is 50.7 Å². The van der Waals surface area contributed by atoms with Crippen LogP contribution >= 0.6 is 0 Å². The first-order valence-corrected chi connectivity index (χ1v) is 17.1. The van der Waals surface area contributed by atoms with E-state index in [0.717, 1.165) is 31.2 Å². The minimum absolute atomic E-state index is 0.0224. The normalized spacial score (nSPS) is 50.8. The Balaban J connectivity index is 1.16. The molecule has 13 atom stereocenters. The van der Waals surface area contributed by atoms with Crippen molar-refractivity contribution >= 4 is 5.91 Å². The molecule has 0 radical (unpaired) electrons. The summed E-state index contributed by atoms with van der Waals surface area (Å²) in [7, 11) is 0. The summed E-state index contributed by atoms with van der Waals surface area (Å²) in [5, 5.41) is 23.5. The van der Waals surface area contributed by atoms with Crippen LogP contribution in [-0.4, -0.2) is 52.0 Å². The maximum absolute atomic E-state index is 12.9. The van der Waals surface area contributed by atoms with E-state index < -0.39 is 6.10 Å². The molecule has 232 valence electrons. The summed E-state index contributed by atoms with van der Waals surface area (Å²) in [5.41, 5.74) is 1.63. The van der Waals surface area contributed by atoms with E-state index in [9.17, 15) is 15.0 Å². The van der Waals surface area contributed by atoms with Gasteiger partial charge < -0.3 is 19.8 Å². The Bertz CT molecular complexity index is 1230. The highest BCUT2D eigenvalue weighted by Crippen LogP contribution is 2.89. The molecule has 2 spiro atoms. The number of ether oxygens (including phenoxy) is 1. The van der Waals surface area contributed by atoms with E-state index in [1.807, 2.05) is 23.1 Å². The third-order valence-electron chi connectivity index (χ3n) is 15.4. The van der Waals surface area contributed by atoms with Gasteiger partial charge in [0.25, 0.3) is 0 Å². The van der Waals surface area contributed by atoms with Crippen molar-refractivity contribution in [3.63, 3.8) is 0 Å². The van der Waals surface area contributed by atoms with Crippen LogP contribution in [-0.2, 0) is 9.53 Å². The molecule has 0 aromatic heterocycles. The number of carbonyl (C=O) groups excluding carboxylic acids is 1. The lowest BCUT2D eigenvalue weighted by atomic mass is 9.41. The Hall–Kier alpha value is -1.43. The van der Waals surface area contributed by atoms with Crippen molar-refractivity contribution < 1.29 is 19.7 Å². The summed E-state index contributed by atoms with van der Waals surface area (Å²) in [6, 6.07) is 10.3. The minimum atomic E-state index is -0.492. The fourth-order valence-electron chi connectivity index (χ4n) is 13.2. The molecular formula is C37H55NO4. The molecule has 1 aromatic rings. The average Bonchev–Trinajstić information content (AvgIpc) is 3.59. The van der Waals surface area contributed by atoms with Gasteiger partial charge in [-0.2, -0.15) is 0 Å². The van der Waals surface area contributed by atoms with Crippen molar-refractivity contribution in [3.05, 3.63) is 35.9 Å². The smallest absolute Gasteiger partial charge is 0.220 e. The molecule has 7 rings (SSSR count). The van der Waals surface area contributed by atoms with Gasteiger partial charge in [-0.05, 0) is 109 Å². The van der Waals surface area contributed by atoms with Gasteiger partial charge in [-0.15, -0.1) is 0 Å². The first kappa shape index (κ1) is 29.3. The molecule has 42 heavy (non-hydrogen) atoms. The van der Waals surface area contributed by atoms with Crippen molar-refractivity contribution in [2.45, 2.75) is 130 Å². The van der Waals surface area contributed by atoms with Gasteiger partial charge >= 0.3 is 0 Å². The molecule has 0 bridgehead atoms. The number of rotatable bonds is 4. The lowest BCUT2D eigenvalue weighted by molar-refractivity contribution is -0.182. The highest BCUT2D eigenvalue weighted by Gasteiger charge is 2.84. The molecule has 6 aliphatic rings. The zero-order valence-corrected chi connectivity index (χ0v) is 27.1. The second kappa shape index (κ2) is 9.30. The van der Waals surface area contributed by atoms with Crippen LogP contribution in [0.3, 0.4) is 0 Å². The maximum Gasteiger partial charge on any atom is 0.220 e. The predicted molar refractivity (Wildman–Crippen MR) is 164 cm³/mol. The van der Waals surface area contributed by atoms with E-state index in [2.05, 4.69) is 53.7 Å². The number of carbonyl (C=O) groups is 1. The minimum Gasteiger partial charge on any atom is -0.393 e. The number of aliphatic hydroxyl groups excluding tert-OH is 2. The Morgan fingerprint density at radius 2 is 1.67 bits per heavy atom. The van der Waals surface area contributed by atoms with E-state index >= 15 is 0 Å². The SMILES string of the molecule is CC(=O)N(CC1C[C@@H](C)[C@H]2C(O1)[C@H](O)[C@@]1(C)C3CC[C@H]4C(C)(C)[C@@H](O)CCC45C[C@@]35CC[C@]21C)[C@@H](C)c1ccccc1. The average molecular weight is 578 g/mol. The third-order valence-corrected chi connectivity index (χ3v) is 15.4. The van der Waals surface area contributed by atoms with E-state index in [1.54, 1.807) is 6.92 Å². The standard InChI is InChI=1S/C37H55NO4/c1-22-19-26(20-38(24(3)39)23(2)25-11-9-8-10-12-25)42-31-30(22)34(6)17-18-37-21-36(37)16-15-29(40)33(4,5)27(36)13-14-28(37)35(34,7)32(31)41/h8-12,22-23,26-32,40-41H,13-21H2,1-7H3/t22-,23+,26?,27+,28?,29+,30+,31?,32+,34-,35-,36?,37+/m1/s1. The van der Waals surface area contributed by atoms with Crippen molar-refractivity contribution in [1.82, 2.24) is 4.90 Å². The molecule has 5 saturated carbocycles. The summed E-state index contributed by atoms with van der Waals surface area (Å²) in [5.74, 6) is 1.93. The quantitative estimate of drug-likeness (QED) is 0.414. The lowest BCUT2D eigenvalue weighted by Gasteiger charge is -2.63. The van der Waals surface area contributed by atoms with Crippen molar-refractivity contribution in [1.29, 1.82) is 0 Å². The molecule has 1 amide bonds. The number of nitrogens with zero attached hydrogens (tertiary/aromatic N) is 1. The number of amides is 1. The molecular weight excluding hydrogens is 522 g/mol. The second-order valence-electron chi connectivity index (χ2n) is 16.9. The van der Waals surface area contributed by atoms with Crippen LogP contribution in [0.1, 0.15) is 111 Å². The molecule has 2 N–H and O–H groups in total. The molecule has 5 aliphatic carbocycles. The molecule has 5 nitrogen and oxygen atoms in total. The highest BCUT2D eigenvalue weighted by molar-refractivity contribution is 5.73. The van der Waals surface area contributed by atoms with Gasteiger partial charge in [0.2, 0.25) is 5.91 Å². The van der Waals surface area contributed by atoms with Crippen LogP contribution in [0.5, 0.6) is 0 Å². The Kier molecular flexibility index (Phi) is 6.48. The summed E-state index contributed by atoms with van der Waals surface area (Å²) in [4.78, 5) is 14.9. The predicted octanol–water partition coefficient (Wildman–Crippen LogP) is 6.77. The molecule has 1 aliphatic heterocycles. The second-order valence-corrected chi connectivity index (χ2v) is 16.9. The topological polar surface area (TPSA) is 70.0 Å². The lowest BCUT2D eigenvalue weighted by Crippen LogP contribution is -2.59. The Labute approximate surface area is 253 Å². The Morgan fingerprint density at radius 1 is 1.00 bits per heavy atom. The summed E-state index contributed by atoms with van der Waals surface area (Å²) in [6.07, 6.45) is 8.14. The van der Waals surface area contributed by atoms with Crippen LogP contribution in [0.4, 0.5) is 0 Å². The number of fused-ring (bicyclic) bond motifs is 4. The van der Waals surface area contributed by atoms with Crippen molar-refractivity contribution in [2.24, 2.45) is 50.7 Å². The first-order valence-electron chi connectivity index (χ1n) is 17.1. The van der Waals surface area contributed by atoms with Gasteiger partial charge in [-0.3, -0.25) is 4.79 Å². The zero-order chi connectivity index (χ0) is 30.0. The number of benzene rings is 1. The summed E-state index contributed by atoms with van der Waals surface area (Å²) < 4.78 is 6.98. The van der Waals surface area contributed by atoms with Crippen LogP contribution in [0.25, 0.3) is 0 Å². The molecule has 5 heteroatoms. The monoisotopic (exact) mass is 577 g/mol. The molecule has 1 saturated heterocycles. The summed E-state index contributed by atoms with van der Waals surface area (Å²) in [6.45, 7) is 16.3. The third kappa shape index (κ3) is 3.51. The van der Waals surface area contributed by atoms with Crippen molar-refractivity contribution in [3.8, 4) is 0 Å². The van der Waals surface area contributed by atoms with E-state index in [1.165, 1.54) is 25.7 Å². The molecule has 1 aromatic carbocycles. The fraction of sp³-hybridized carbons (Fsp3) is 0.811. The van der Waals surface area contributed by atoms with E-state index in [0.29, 0.717) is 41.0 Å². The van der Waals surface area contributed by atoms with Gasteiger partial charge in [0.15, 0.2) is 0 Å². The largest absolute Gasteiger partial charge is 0.393 e. The zero-order valence-electron chi connectivity index (χ0n) is 27.1. The first-order chi connectivity index (χ1) is 19.7. The van der Waals surface area contributed by atoms with Crippen LogP contribution in [0.15, 0.2) is 30.3 Å². The van der Waals surface area contributed by atoms with Gasteiger partial charge in [0.1, 0.15) is 0 Å². The number of hydrogen-bond donors (Lipinski definition) is 2. The molecule has 6 fully saturated rings. The van der Waals surface area contributed by atoms with Crippen LogP contribution < -0.4 is 0 Å². The Morgan fingerprint density at radius 3 is 2.36 bits per heavy atom. The van der Waals surface area contributed by atoms with Crippen LogP contribution in [0.2, 0.25) is 0 Å². The van der Waals surface area contributed by atoms with E-state index in [-0.39, 0.29) is 46.5 Å². The van der Waals surface area contributed by atoms with Gasteiger partial charge in [0.05, 0.1) is 30.5 Å². The highest BCUT2D eigenvalue weighted by atomic mass is 16.5. The van der Waals surface area contributed by atoms with Gasteiger partial charge in [-0.25, -0.2) is 0 Å². The number of aliphatic hydroxyl groups is 2. The van der Waals surface area contributed by atoms with Crippen molar-refractivity contribution in [2.75, 3.05) is 6.54 Å². The summed E-state index contributed by atoms with van der Waals surface area (Å²) >= 11 is 0. The van der Waals surface area contributed by atoms with Gasteiger partial charge in [0, 0.05) is 18.9 Å². The maximum atomic E-state index is 12.9. The molecule has 4 unspecified atom stereocenters.